The highest BCUT2D eigenvalue weighted by Crippen LogP contribution is 2.34. The van der Waals surface area contributed by atoms with Crippen molar-refractivity contribution >= 4 is 11.7 Å². The fraction of sp³-hybridized carbons (Fsp3) is 0.350. The van der Waals surface area contributed by atoms with Crippen molar-refractivity contribution < 1.29 is 28.2 Å². The molecule has 0 radical (unpaired) electrons. The summed E-state index contributed by atoms with van der Waals surface area (Å²) in [6.45, 7) is 2.83. The number of halogens is 2. The van der Waals surface area contributed by atoms with Crippen molar-refractivity contribution in [2.24, 2.45) is 5.41 Å². The van der Waals surface area contributed by atoms with Crippen LogP contribution < -0.4 is 15.5 Å². The van der Waals surface area contributed by atoms with Crippen LogP contribution in [0.5, 0.6) is 5.75 Å². The third kappa shape index (κ3) is 3.53. The number of methoxy groups -OCH3 is 1. The van der Waals surface area contributed by atoms with Gasteiger partial charge in [0.15, 0.2) is 11.5 Å². The molecule has 0 fully saturated rings. The lowest BCUT2D eigenvalue weighted by Gasteiger charge is -2.36. The molecule has 1 amide bonds. The number of nitrogens with one attached hydrogen (secondary N) is 1. The molecule has 7 nitrogen and oxygen atoms in total. The molecule has 1 aliphatic heterocycles. The number of nitrogens with zero attached hydrogens (tertiary/aromatic N) is 1. The molecular weight excluding hydrogens is 386 g/mol. The lowest BCUT2D eigenvalue weighted by atomic mass is 9.77. The molecule has 154 valence electrons. The third-order valence-corrected chi connectivity index (χ3v) is 5.14. The first-order valence-electron chi connectivity index (χ1n) is 8.84. The van der Waals surface area contributed by atoms with Gasteiger partial charge in [-0.3, -0.25) is 14.4 Å². The highest BCUT2D eigenvalue weighted by Gasteiger charge is 2.44. The molecule has 2 heterocycles. The van der Waals surface area contributed by atoms with Crippen molar-refractivity contribution in [3.8, 4) is 5.75 Å². The number of fused-ring (bicyclic) bond motifs is 1. The number of aliphatic hydroxyl groups is 1. The zero-order chi connectivity index (χ0) is 21.5. The summed E-state index contributed by atoms with van der Waals surface area (Å²) in [5, 5.41) is 12.7. The van der Waals surface area contributed by atoms with Crippen LogP contribution in [0.2, 0.25) is 0 Å². The number of pyridine rings is 1. The number of hydrogen-bond donors (Lipinski definition) is 2. The van der Waals surface area contributed by atoms with Gasteiger partial charge in [-0.15, -0.1) is 0 Å². The predicted molar refractivity (Wildman–Crippen MR) is 98.9 cm³/mol. The zero-order valence-corrected chi connectivity index (χ0v) is 16.1. The maximum absolute atomic E-state index is 13.7. The Kier molecular flexibility index (Phi) is 5.27. The standard InChI is InChI=1S/C20H20F2N2O5/c1-20(2)14(25)9-24-8-12(16(26)17(29-3)15(24)18(20)27)19(28)23-7-10-4-5-11(21)6-13(10)22/h4-6,8,14,25H,7,9H2,1-3H3,(H,23,28). The molecule has 9 heteroatoms. The number of benzene rings is 1. The molecule has 0 aliphatic carbocycles. The third-order valence-electron chi connectivity index (χ3n) is 5.14. The van der Waals surface area contributed by atoms with Crippen molar-refractivity contribution in [3.05, 3.63) is 63.1 Å². The van der Waals surface area contributed by atoms with Gasteiger partial charge in [0.2, 0.25) is 5.43 Å². The van der Waals surface area contributed by atoms with Crippen LogP contribution in [0, 0.1) is 17.0 Å². The second kappa shape index (κ2) is 7.40. The van der Waals surface area contributed by atoms with E-state index in [0.717, 1.165) is 6.07 Å². The van der Waals surface area contributed by atoms with E-state index in [2.05, 4.69) is 5.32 Å². The van der Waals surface area contributed by atoms with Gasteiger partial charge in [0.25, 0.3) is 5.91 Å². The van der Waals surface area contributed by atoms with E-state index in [1.54, 1.807) is 13.8 Å². The average Bonchev–Trinajstić information content (AvgIpc) is 2.66. The van der Waals surface area contributed by atoms with E-state index in [-0.39, 0.29) is 35.7 Å². The smallest absolute Gasteiger partial charge is 0.257 e. The summed E-state index contributed by atoms with van der Waals surface area (Å²) in [5.41, 5.74) is -2.22. The van der Waals surface area contributed by atoms with Gasteiger partial charge in [0, 0.05) is 30.9 Å². The van der Waals surface area contributed by atoms with Gasteiger partial charge in [-0.25, -0.2) is 8.78 Å². The van der Waals surface area contributed by atoms with Crippen molar-refractivity contribution in [3.63, 3.8) is 0 Å². The summed E-state index contributed by atoms with van der Waals surface area (Å²) in [6.07, 6.45) is 0.145. The Bertz CT molecular complexity index is 1060. The van der Waals surface area contributed by atoms with Crippen LogP contribution in [-0.2, 0) is 13.1 Å². The fourth-order valence-electron chi connectivity index (χ4n) is 3.17. The number of hydrogen-bond acceptors (Lipinski definition) is 5. The lowest BCUT2D eigenvalue weighted by Crippen LogP contribution is -2.47. The second-order valence-corrected chi connectivity index (χ2v) is 7.39. The quantitative estimate of drug-likeness (QED) is 0.805. The number of aliphatic hydroxyl groups excluding tert-OH is 1. The normalized spacial score (nSPS) is 17.6. The topological polar surface area (TPSA) is 97.6 Å². The molecular formula is C20H20F2N2O5. The number of carbonyl (C=O) groups excluding carboxylic acids is 2. The SMILES string of the molecule is COc1c2n(cc(C(=O)NCc3ccc(F)cc3F)c1=O)CC(O)C(C)(C)C2=O. The van der Waals surface area contributed by atoms with E-state index in [9.17, 15) is 28.3 Å². The maximum atomic E-state index is 13.7. The molecule has 1 aromatic carbocycles. The molecule has 1 unspecified atom stereocenters. The van der Waals surface area contributed by atoms with Crippen molar-refractivity contribution in [2.45, 2.75) is 33.0 Å². The Morgan fingerprint density at radius 1 is 1.34 bits per heavy atom. The van der Waals surface area contributed by atoms with Crippen LogP contribution in [0.25, 0.3) is 0 Å². The van der Waals surface area contributed by atoms with Crippen LogP contribution in [0.15, 0.2) is 29.2 Å². The lowest BCUT2D eigenvalue weighted by molar-refractivity contribution is 0.0206. The summed E-state index contributed by atoms with van der Waals surface area (Å²) < 4.78 is 33.2. The molecule has 2 N–H and O–H groups in total. The molecule has 1 aromatic heterocycles. The number of Topliss-reactive ketones (excluding diaryl/α,β-unsaturated/α-hetero) is 1. The van der Waals surface area contributed by atoms with Crippen LogP contribution in [0.3, 0.4) is 0 Å². The van der Waals surface area contributed by atoms with E-state index < -0.39 is 40.3 Å². The first-order chi connectivity index (χ1) is 13.6. The van der Waals surface area contributed by atoms with Crippen LogP contribution in [0.1, 0.15) is 40.3 Å². The molecule has 0 bridgehead atoms. The van der Waals surface area contributed by atoms with E-state index in [0.29, 0.717) is 6.07 Å². The van der Waals surface area contributed by atoms with Crippen LogP contribution >= 0.6 is 0 Å². The average molecular weight is 406 g/mol. The van der Waals surface area contributed by atoms with Crippen molar-refractivity contribution in [2.75, 3.05) is 7.11 Å². The molecule has 2 aromatic rings. The van der Waals surface area contributed by atoms with E-state index in [1.807, 2.05) is 0 Å². The Balaban J connectivity index is 1.96. The number of amides is 1. The molecule has 3 rings (SSSR count). The number of ether oxygens (including phenoxy) is 1. The summed E-state index contributed by atoms with van der Waals surface area (Å²) in [5.74, 6) is -3.18. The number of aromatic nitrogens is 1. The van der Waals surface area contributed by atoms with E-state index in [4.69, 9.17) is 4.74 Å². The monoisotopic (exact) mass is 406 g/mol. The minimum absolute atomic E-state index is 0.0163. The van der Waals surface area contributed by atoms with Crippen LogP contribution in [0.4, 0.5) is 8.78 Å². The summed E-state index contributed by atoms with van der Waals surface area (Å²) >= 11 is 0. The largest absolute Gasteiger partial charge is 0.491 e. The molecule has 29 heavy (non-hydrogen) atoms. The van der Waals surface area contributed by atoms with Gasteiger partial charge in [0.1, 0.15) is 22.9 Å². The molecule has 0 saturated heterocycles. The first-order valence-corrected chi connectivity index (χ1v) is 8.84. The van der Waals surface area contributed by atoms with Crippen LogP contribution in [-0.4, -0.2) is 34.6 Å². The van der Waals surface area contributed by atoms with Gasteiger partial charge in [-0.05, 0) is 19.9 Å². The highest BCUT2D eigenvalue weighted by molar-refractivity contribution is 6.03. The minimum Gasteiger partial charge on any atom is -0.491 e. The van der Waals surface area contributed by atoms with Crippen molar-refractivity contribution in [1.82, 2.24) is 9.88 Å². The summed E-state index contributed by atoms with van der Waals surface area (Å²) in [6, 6.07) is 2.92. The number of rotatable bonds is 4. The molecule has 0 spiro atoms. The molecule has 1 aliphatic rings. The van der Waals surface area contributed by atoms with Gasteiger partial charge in [0.05, 0.1) is 18.6 Å². The Labute approximate surface area is 164 Å². The van der Waals surface area contributed by atoms with Gasteiger partial charge in [-0.2, -0.15) is 0 Å². The number of carbonyl (C=O) groups is 2. The Morgan fingerprint density at radius 2 is 2.03 bits per heavy atom. The predicted octanol–water partition coefficient (Wildman–Crippen LogP) is 1.65. The van der Waals surface area contributed by atoms with E-state index >= 15 is 0 Å². The molecule has 0 saturated carbocycles. The second-order valence-electron chi connectivity index (χ2n) is 7.39. The fourth-order valence-corrected chi connectivity index (χ4v) is 3.17. The van der Waals surface area contributed by atoms with Gasteiger partial charge >= 0.3 is 0 Å². The number of ketones is 1. The first kappa shape index (κ1) is 20.7. The van der Waals surface area contributed by atoms with Gasteiger partial charge < -0.3 is 19.7 Å². The minimum atomic E-state index is -1.12. The summed E-state index contributed by atoms with van der Waals surface area (Å²) in [4.78, 5) is 38.0. The van der Waals surface area contributed by atoms with Gasteiger partial charge in [-0.1, -0.05) is 6.07 Å². The maximum Gasteiger partial charge on any atom is 0.257 e. The highest BCUT2D eigenvalue weighted by atomic mass is 19.1. The molecule has 1 atom stereocenters. The Morgan fingerprint density at radius 3 is 2.66 bits per heavy atom. The Hall–Kier alpha value is -3.07. The summed E-state index contributed by atoms with van der Waals surface area (Å²) in [7, 11) is 1.21. The van der Waals surface area contributed by atoms with Crippen molar-refractivity contribution in [1.29, 1.82) is 0 Å². The van der Waals surface area contributed by atoms with E-state index in [1.165, 1.54) is 23.9 Å². The zero-order valence-electron chi connectivity index (χ0n) is 16.1.